The van der Waals surface area contributed by atoms with Crippen molar-refractivity contribution in [2.45, 2.75) is 26.8 Å². The lowest BCUT2D eigenvalue weighted by atomic mass is 9.99. The van der Waals surface area contributed by atoms with Crippen LogP contribution in [0.25, 0.3) is 0 Å². The third-order valence-corrected chi connectivity index (χ3v) is 4.19. The normalized spacial score (nSPS) is 13.4. The Bertz CT molecular complexity index is 794. The molecule has 1 aliphatic rings. The van der Waals surface area contributed by atoms with Crippen LogP contribution >= 0.6 is 0 Å². The second-order valence-electron chi connectivity index (χ2n) is 5.91. The summed E-state index contributed by atoms with van der Waals surface area (Å²) in [6, 6.07) is 7.51. The fourth-order valence-electron chi connectivity index (χ4n) is 2.97. The van der Waals surface area contributed by atoms with Gasteiger partial charge in [0.1, 0.15) is 11.5 Å². The number of ether oxygens (including phenoxy) is 1. The summed E-state index contributed by atoms with van der Waals surface area (Å²) in [5, 5.41) is 2.89. The monoisotopic (exact) mass is 328 g/mol. The number of aryl methyl sites for hydroxylation is 2. The van der Waals surface area contributed by atoms with E-state index in [0.717, 1.165) is 12.0 Å². The molecule has 0 spiro atoms. The molecule has 0 bridgehead atoms. The lowest BCUT2D eigenvalue weighted by Gasteiger charge is -2.28. The van der Waals surface area contributed by atoms with E-state index in [1.807, 2.05) is 25.1 Å². The van der Waals surface area contributed by atoms with Gasteiger partial charge in [-0.3, -0.25) is 4.79 Å². The molecule has 1 aromatic carbocycles. The van der Waals surface area contributed by atoms with Crippen molar-refractivity contribution < 1.29 is 18.7 Å². The van der Waals surface area contributed by atoms with Crippen molar-refractivity contribution in [2.24, 2.45) is 0 Å². The summed E-state index contributed by atoms with van der Waals surface area (Å²) in [6.07, 6.45) is 0.443. The van der Waals surface area contributed by atoms with Gasteiger partial charge in [0.05, 0.1) is 12.7 Å². The van der Waals surface area contributed by atoms with E-state index in [2.05, 4.69) is 5.32 Å². The van der Waals surface area contributed by atoms with Crippen molar-refractivity contribution in [3.05, 3.63) is 52.5 Å². The van der Waals surface area contributed by atoms with Gasteiger partial charge in [0, 0.05) is 18.8 Å². The first-order valence-corrected chi connectivity index (χ1v) is 7.81. The highest BCUT2D eigenvalue weighted by Crippen LogP contribution is 2.24. The number of carbonyl (C=O) groups excluding carboxylic acids is 2. The molecule has 0 fully saturated rings. The molecule has 0 saturated heterocycles. The Labute approximate surface area is 140 Å². The van der Waals surface area contributed by atoms with Gasteiger partial charge < -0.3 is 19.4 Å². The summed E-state index contributed by atoms with van der Waals surface area (Å²) in [4.78, 5) is 25.7. The highest BCUT2D eigenvalue weighted by molar-refractivity contribution is 6.05. The number of benzene rings is 1. The first-order chi connectivity index (χ1) is 11.5. The molecular weight excluding hydrogens is 308 g/mol. The average Bonchev–Trinajstić information content (AvgIpc) is 2.92. The maximum absolute atomic E-state index is 12.4. The zero-order valence-electron chi connectivity index (χ0n) is 14.0. The smallest absolute Gasteiger partial charge is 0.409 e. The van der Waals surface area contributed by atoms with Crippen molar-refractivity contribution in [3.8, 4) is 0 Å². The van der Waals surface area contributed by atoms with Crippen molar-refractivity contribution in [2.75, 3.05) is 19.0 Å². The summed E-state index contributed by atoms with van der Waals surface area (Å²) in [5.41, 5.74) is 3.43. The third kappa shape index (κ3) is 3.13. The lowest BCUT2D eigenvalue weighted by Crippen LogP contribution is -2.35. The van der Waals surface area contributed by atoms with Crippen molar-refractivity contribution in [1.29, 1.82) is 0 Å². The van der Waals surface area contributed by atoms with Gasteiger partial charge >= 0.3 is 6.09 Å². The molecule has 6 heteroatoms. The molecule has 1 aromatic heterocycles. The fourth-order valence-corrected chi connectivity index (χ4v) is 2.97. The summed E-state index contributed by atoms with van der Waals surface area (Å²) in [6.45, 7) is 4.70. The van der Waals surface area contributed by atoms with E-state index in [9.17, 15) is 9.59 Å². The van der Waals surface area contributed by atoms with E-state index < -0.39 is 0 Å². The maximum atomic E-state index is 12.4. The van der Waals surface area contributed by atoms with Gasteiger partial charge in [-0.15, -0.1) is 0 Å². The number of anilines is 1. The number of nitrogens with one attached hydrogen (secondary N) is 1. The Balaban J connectivity index is 1.78. The molecule has 1 N–H and O–H groups in total. The van der Waals surface area contributed by atoms with Gasteiger partial charge in [0.15, 0.2) is 0 Å². The number of nitrogens with zero attached hydrogens (tertiary/aromatic N) is 1. The van der Waals surface area contributed by atoms with Gasteiger partial charge in [0.25, 0.3) is 5.91 Å². The summed E-state index contributed by atoms with van der Waals surface area (Å²) >= 11 is 0. The molecule has 24 heavy (non-hydrogen) atoms. The van der Waals surface area contributed by atoms with Crippen LogP contribution < -0.4 is 5.32 Å². The molecule has 2 aromatic rings. The molecule has 1 aliphatic heterocycles. The topological polar surface area (TPSA) is 71.8 Å². The highest BCUT2D eigenvalue weighted by Gasteiger charge is 2.22. The van der Waals surface area contributed by atoms with Crippen LogP contribution in [0.3, 0.4) is 0 Å². The SMILES string of the molecule is COC(=O)N1CCc2ccc(NC(=O)c3cc(C)oc3C)cc2C1. The largest absolute Gasteiger partial charge is 0.466 e. The minimum absolute atomic E-state index is 0.204. The minimum atomic E-state index is -0.334. The predicted molar refractivity (Wildman–Crippen MR) is 89.1 cm³/mol. The summed E-state index contributed by atoms with van der Waals surface area (Å²) in [5.74, 6) is 1.10. The number of furan rings is 1. The van der Waals surface area contributed by atoms with E-state index in [-0.39, 0.29) is 12.0 Å². The molecule has 0 saturated carbocycles. The Hall–Kier alpha value is -2.76. The zero-order valence-corrected chi connectivity index (χ0v) is 14.0. The second kappa shape index (κ2) is 6.39. The zero-order chi connectivity index (χ0) is 17.3. The molecule has 0 unspecified atom stereocenters. The first kappa shape index (κ1) is 16.1. The molecular formula is C18H20N2O4. The molecule has 6 nitrogen and oxygen atoms in total. The number of rotatable bonds is 2. The van der Waals surface area contributed by atoms with Crippen molar-refractivity contribution in [3.63, 3.8) is 0 Å². The molecule has 126 valence electrons. The van der Waals surface area contributed by atoms with E-state index in [4.69, 9.17) is 9.15 Å². The fraction of sp³-hybridized carbons (Fsp3) is 0.333. The van der Waals surface area contributed by atoms with Crippen molar-refractivity contribution >= 4 is 17.7 Å². The van der Waals surface area contributed by atoms with Gasteiger partial charge in [-0.2, -0.15) is 0 Å². The molecule has 2 heterocycles. The Morgan fingerprint density at radius 2 is 2.00 bits per heavy atom. The van der Waals surface area contributed by atoms with Crippen LogP contribution in [0.2, 0.25) is 0 Å². The van der Waals surface area contributed by atoms with E-state index in [1.165, 1.54) is 12.7 Å². The number of methoxy groups -OCH3 is 1. The average molecular weight is 328 g/mol. The molecule has 0 radical (unpaired) electrons. The second-order valence-corrected chi connectivity index (χ2v) is 5.91. The predicted octanol–water partition coefficient (Wildman–Crippen LogP) is 3.27. The van der Waals surface area contributed by atoms with Crippen LogP contribution in [0.5, 0.6) is 0 Å². The van der Waals surface area contributed by atoms with Crippen LogP contribution in [0.4, 0.5) is 10.5 Å². The van der Waals surface area contributed by atoms with Crippen LogP contribution in [-0.4, -0.2) is 30.6 Å². The van der Waals surface area contributed by atoms with E-state index in [0.29, 0.717) is 35.9 Å². The number of amides is 2. The number of hydrogen-bond donors (Lipinski definition) is 1. The molecule has 3 rings (SSSR count). The Morgan fingerprint density at radius 3 is 2.67 bits per heavy atom. The van der Waals surface area contributed by atoms with Gasteiger partial charge in [0.2, 0.25) is 0 Å². The van der Waals surface area contributed by atoms with E-state index in [1.54, 1.807) is 17.9 Å². The first-order valence-electron chi connectivity index (χ1n) is 7.81. The van der Waals surface area contributed by atoms with Gasteiger partial charge in [-0.05, 0) is 49.6 Å². The van der Waals surface area contributed by atoms with Crippen LogP contribution in [0.1, 0.15) is 33.0 Å². The van der Waals surface area contributed by atoms with Crippen molar-refractivity contribution in [1.82, 2.24) is 4.90 Å². The van der Waals surface area contributed by atoms with Gasteiger partial charge in [-0.1, -0.05) is 6.07 Å². The number of hydrogen-bond acceptors (Lipinski definition) is 4. The van der Waals surface area contributed by atoms with Crippen LogP contribution in [0.15, 0.2) is 28.7 Å². The van der Waals surface area contributed by atoms with Crippen LogP contribution in [0, 0.1) is 13.8 Å². The number of fused-ring (bicyclic) bond motifs is 1. The van der Waals surface area contributed by atoms with Crippen LogP contribution in [-0.2, 0) is 17.7 Å². The van der Waals surface area contributed by atoms with E-state index >= 15 is 0 Å². The molecule has 0 aliphatic carbocycles. The summed E-state index contributed by atoms with van der Waals surface area (Å²) in [7, 11) is 1.38. The third-order valence-electron chi connectivity index (χ3n) is 4.19. The minimum Gasteiger partial charge on any atom is -0.466 e. The number of carbonyl (C=O) groups is 2. The Kier molecular flexibility index (Phi) is 4.29. The Morgan fingerprint density at radius 1 is 1.21 bits per heavy atom. The lowest BCUT2D eigenvalue weighted by molar-refractivity contribution is 0.102. The maximum Gasteiger partial charge on any atom is 0.409 e. The summed E-state index contributed by atoms with van der Waals surface area (Å²) < 4.78 is 10.2. The van der Waals surface area contributed by atoms with Gasteiger partial charge in [-0.25, -0.2) is 4.79 Å². The quantitative estimate of drug-likeness (QED) is 0.918. The standard InChI is InChI=1S/C18H20N2O4/c1-11-8-16(12(2)24-11)17(21)19-15-5-4-13-6-7-20(18(22)23-3)10-14(13)9-15/h4-5,8-9H,6-7,10H2,1-3H3,(H,19,21). The molecule has 0 atom stereocenters. The molecule has 2 amide bonds. The highest BCUT2D eigenvalue weighted by atomic mass is 16.5.